The number of hydrogen-bond donors (Lipinski definition) is 2. The molecule has 0 bridgehead atoms. The van der Waals surface area contributed by atoms with Gasteiger partial charge in [0.05, 0.1) is 6.10 Å². The molecule has 0 heterocycles. The van der Waals surface area contributed by atoms with Crippen molar-refractivity contribution in [2.24, 2.45) is 5.92 Å². The average Bonchev–Trinajstić information content (AvgIpc) is 2.36. The summed E-state index contributed by atoms with van der Waals surface area (Å²) in [6, 6.07) is 0.931. The van der Waals surface area contributed by atoms with Crippen molar-refractivity contribution in [1.82, 2.24) is 5.32 Å². The highest BCUT2D eigenvalue weighted by Crippen LogP contribution is 2.24. The van der Waals surface area contributed by atoms with Crippen molar-refractivity contribution in [3.8, 4) is 0 Å². The minimum absolute atomic E-state index is 0.112. The van der Waals surface area contributed by atoms with Crippen LogP contribution >= 0.6 is 0 Å². The molecule has 1 amide bonds. The van der Waals surface area contributed by atoms with E-state index in [0.717, 1.165) is 19.3 Å². The van der Waals surface area contributed by atoms with Crippen molar-refractivity contribution >= 4 is 5.91 Å². The molecule has 2 N–H and O–H groups in total. The van der Waals surface area contributed by atoms with Crippen LogP contribution in [-0.2, 0) is 0 Å². The van der Waals surface area contributed by atoms with Gasteiger partial charge in [0.25, 0.3) is 5.91 Å². The molecule has 2 unspecified atom stereocenters. The third kappa shape index (κ3) is 3.30. The van der Waals surface area contributed by atoms with Gasteiger partial charge in [-0.3, -0.25) is 4.79 Å². The molecular weight excluding hydrogens is 271 g/mol. The van der Waals surface area contributed by atoms with Crippen LogP contribution in [0.2, 0.25) is 0 Å². The molecule has 1 aromatic rings. The van der Waals surface area contributed by atoms with Crippen LogP contribution in [0.3, 0.4) is 0 Å². The number of carbonyl (C=O) groups is 1. The van der Waals surface area contributed by atoms with Gasteiger partial charge in [0, 0.05) is 24.6 Å². The van der Waals surface area contributed by atoms with Crippen LogP contribution in [0, 0.1) is 23.4 Å². The third-order valence-corrected chi connectivity index (χ3v) is 3.63. The van der Waals surface area contributed by atoms with Gasteiger partial charge in [0.15, 0.2) is 0 Å². The van der Waals surface area contributed by atoms with E-state index in [0.29, 0.717) is 18.6 Å². The molecule has 0 aromatic heterocycles. The molecule has 2 atom stereocenters. The van der Waals surface area contributed by atoms with E-state index in [-0.39, 0.29) is 12.5 Å². The number of rotatable bonds is 3. The predicted octanol–water partition coefficient (Wildman–Crippen LogP) is 2.38. The van der Waals surface area contributed by atoms with Gasteiger partial charge in [-0.15, -0.1) is 0 Å². The van der Waals surface area contributed by atoms with Crippen LogP contribution in [0.1, 0.15) is 36.0 Å². The fraction of sp³-hybridized carbons (Fsp3) is 0.500. The summed E-state index contributed by atoms with van der Waals surface area (Å²) in [4.78, 5) is 11.8. The molecule has 0 radical (unpaired) electrons. The Balaban J connectivity index is 2.02. The van der Waals surface area contributed by atoms with Crippen molar-refractivity contribution in [1.29, 1.82) is 0 Å². The Bertz CT molecular complexity index is 484. The maximum Gasteiger partial charge on any atom is 0.257 e. The third-order valence-electron chi connectivity index (χ3n) is 3.63. The number of amides is 1. The van der Waals surface area contributed by atoms with Crippen molar-refractivity contribution in [2.75, 3.05) is 6.54 Å². The maximum absolute atomic E-state index is 13.4. The zero-order valence-corrected chi connectivity index (χ0v) is 10.8. The first-order chi connectivity index (χ1) is 9.49. The Morgan fingerprint density at radius 2 is 1.80 bits per heavy atom. The standard InChI is InChI=1S/C14H16F3NO2/c15-9-5-10(16)13(11(17)6-9)14(20)18-7-8-3-1-2-4-12(8)19/h5-6,8,12,19H,1-4,7H2,(H,18,20). The fourth-order valence-electron chi connectivity index (χ4n) is 2.50. The van der Waals surface area contributed by atoms with E-state index >= 15 is 0 Å². The predicted molar refractivity (Wildman–Crippen MR) is 66.6 cm³/mol. The van der Waals surface area contributed by atoms with Crippen LogP contribution in [-0.4, -0.2) is 23.7 Å². The minimum Gasteiger partial charge on any atom is -0.393 e. The zero-order chi connectivity index (χ0) is 14.7. The molecule has 0 spiro atoms. The lowest BCUT2D eigenvalue weighted by atomic mass is 9.86. The zero-order valence-electron chi connectivity index (χ0n) is 10.8. The van der Waals surface area contributed by atoms with Gasteiger partial charge >= 0.3 is 0 Å². The van der Waals surface area contributed by atoms with Crippen LogP contribution in [0.15, 0.2) is 12.1 Å². The molecule has 0 saturated heterocycles. The van der Waals surface area contributed by atoms with Crippen LogP contribution in [0.5, 0.6) is 0 Å². The topological polar surface area (TPSA) is 49.3 Å². The summed E-state index contributed by atoms with van der Waals surface area (Å²) in [5, 5.41) is 12.1. The SMILES string of the molecule is O=C(NCC1CCCCC1O)c1c(F)cc(F)cc1F. The number of benzene rings is 1. The summed E-state index contributed by atoms with van der Waals surface area (Å²) < 4.78 is 39.6. The van der Waals surface area contributed by atoms with Crippen molar-refractivity contribution in [3.05, 3.63) is 35.1 Å². The second-order valence-corrected chi connectivity index (χ2v) is 5.07. The molecule has 1 aliphatic carbocycles. The van der Waals surface area contributed by atoms with Gasteiger partial charge < -0.3 is 10.4 Å². The van der Waals surface area contributed by atoms with Crippen molar-refractivity contribution in [3.63, 3.8) is 0 Å². The van der Waals surface area contributed by atoms with E-state index in [2.05, 4.69) is 5.32 Å². The largest absolute Gasteiger partial charge is 0.393 e. The Morgan fingerprint density at radius 3 is 2.40 bits per heavy atom. The van der Waals surface area contributed by atoms with E-state index in [9.17, 15) is 23.1 Å². The molecule has 110 valence electrons. The molecule has 1 saturated carbocycles. The maximum atomic E-state index is 13.4. The van der Waals surface area contributed by atoms with Crippen molar-refractivity contribution < 1.29 is 23.1 Å². The molecule has 3 nitrogen and oxygen atoms in total. The summed E-state index contributed by atoms with van der Waals surface area (Å²) in [7, 11) is 0. The van der Waals surface area contributed by atoms with Gasteiger partial charge in [-0.2, -0.15) is 0 Å². The monoisotopic (exact) mass is 287 g/mol. The van der Waals surface area contributed by atoms with E-state index in [1.54, 1.807) is 0 Å². The Morgan fingerprint density at radius 1 is 1.20 bits per heavy atom. The Hall–Kier alpha value is -1.56. The molecule has 1 aliphatic rings. The number of carbonyl (C=O) groups excluding carboxylic acids is 1. The molecule has 1 fully saturated rings. The number of halogens is 3. The molecule has 1 aromatic carbocycles. The average molecular weight is 287 g/mol. The van der Waals surface area contributed by atoms with Gasteiger partial charge in [0.1, 0.15) is 23.0 Å². The van der Waals surface area contributed by atoms with E-state index in [1.807, 2.05) is 0 Å². The van der Waals surface area contributed by atoms with Gasteiger partial charge in [0.2, 0.25) is 0 Å². The summed E-state index contributed by atoms with van der Waals surface area (Å²) in [5.41, 5.74) is -0.795. The lowest BCUT2D eigenvalue weighted by Crippen LogP contribution is -2.37. The van der Waals surface area contributed by atoms with Crippen molar-refractivity contribution in [2.45, 2.75) is 31.8 Å². The van der Waals surface area contributed by atoms with Crippen LogP contribution in [0.25, 0.3) is 0 Å². The molecule has 0 aliphatic heterocycles. The first-order valence-corrected chi connectivity index (χ1v) is 6.60. The van der Waals surface area contributed by atoms with Crippen LogP contribution < -0.4 is 5.32 Å². The van der Waals surface area contributed by atoms with Gasteiger partial charge in [-0.1, -0.05) is 12.8 Å². The number of aliphatic hydroxyl groups is 1. The Kier molecular flexibility index (Phi) is 4.65. The number of aliphatic hydroxyl groups excluding tert-OH is 1. The van der Waals surface area contributed by atoms with E-state index in [1.165, 1.54) is 0 Å². The van der Waals surface area contributed by atoms with Gasteiger partial charge in [-0.05, 0) is 12.8 Å². The quantitative estimate of drug-likeness (QED) is 0.896. The lowest BCUT2D eigenvalue weighted by molar-refractivity contribution is 0.0661. The normalized spacial score (nSPS) is 22.6. The fourth-order valence-corrected chi connectivity index (χ4v) is 2.50. The number of hydrogen-bond acceptors (Lipinski definition) is 2. The number of nitrogens with one attached hydrogen (secondary N) is 1. The van der Waals surface area contributed by atoms with E-state index in [4.69, 9.17) is 0 Å². The second-order valence-electron chi connectivity index (χ2n) is 5.07. The highest BCUT2D eigenvalue weighted by atomic mass is 19.1. The molecule has 6 heteroatoms. The van der Waals surface area contributed by atoms with Gasteiger partial charge in [-0.25, -0.2) is 13.2 Å². The first-order valence-electron chi connectivity index (χ1n) is 6.60. The molecular formula is C14H16F3NO2. The highest BCUT2D eigenvalue weighted by molar-refractivity contribution is 5.94. The molecule has 20 heavy (non-hydrogen) atoms. The highest BCUT2D eigenvalue weighted by Gasteiger charge is 2.25. The van der Waals surface area contributed by atoms with E-state index < -0.39 is 35.0 Å². The summed E-state index contributed by atoms with van der Waals surface area (Å²) in [5.74, 6) is -4.58. The van der Waals surface area contributed by atoms with Crippen LogP contribution in [0.4, 0.5) is 13.2 Å². The smallest absolute Gasteiger partial charge is 0.257 e. The second kappa shape index (κ2) is 6.26. The summed E-state index contributed by atoms with van der Waals surface area (Å²) >= 11 is 0. The first kappa shape index (κ1) is 14.8. The molecule has 2 rings (SSSR count). The Labute approximate surface area is 114 Å². The minimum atomic E-state index is -1.23. The lowest BCUT2D eigenvalue weighted by Gasteiger charge is -2.27. The summed E-state index contributed by atoms with van der Waals surface area (Å²) in [6.07, 6.45) is 2.81. The summed E-state index contributed by atoms with van der Waals surface area (Å²) in [6.45, 7) is 0.149.